The second-order valence-electron chi connectivity index (χ2n) is 3.70. The van der Waals surface area contributed by atoms with Crippen molar-refractivity contribution in [3.63, 3.8) is 0 Å². The minimum Gasteiger partial charge on any atom is -0.399 e. The molecule has 0 aromatic heterocycles. The van der Waals surface area contributed by atoms with Crippen LogP contribution in [0.15, 0.2) is 48.5 Å². The molecule has 0 aliphatic carbocycles. The SMILES string of the molecule is Nc1ccc(N)cc1.O=[N+]([O-])c1ccc([N+](=O)[O-])cc1. The molecule has 2 aromatic rings. The fourth-order valence-electron chi connectivity index (χ4n) is 1.19. The summed E-state index contributed by atoms with van der Waals surface area (Å²) in [7, 11) is 0. The Kier molecular flexibility index (Phi) is 4.98. The molecule has 2 aromatic carbocycles. The van der Waals surface area contributed by atoms with Crippen molar-refractivity contribution in [1.82, 2.24) is 0 Å². The number of nitrogen functional groups attached to an aromatic ring is 2. The van der Waals surface area contributed by atoms with E-state index in [0.717, 1.165) is 35.6 Å². The van der Waals surface area contributed by atoms with E-state index in [1.54, 1.807) is 24.3 Å². The Morgan fingerprint density at radius 3 is 1.10 bits per heavy atom. The van der Waals surface area contributed by atoms with Crippen LogP contribution < -0.4 is 11.5 Å². The Labute approximate surface area is 113 Å². The second kappa shape index (κ2) is 6.69. The van der Waals surface area contributed by atoms with Crippen LogP contribution in [0.1, 0.15) is 0 Å². The van der Waals surface area contributed by atoms with Gasteiger partial charge in [0.15, 0.2) is 0 Å². The van der Waals surface area contributed by atoms with Crippen LogP contribution in [-0.2, 0) is 0 Å². The third-order valence-corrected chi connectivity index (χ3v) is 2.21. The molecule has 8 nitrogen and oxygen atoms in total. The fraction of sp³-hybridized carbons (Fsp3) is 0. The Balaban J connectivity index is 0.000000217. The van der Waals surface area contributed by atoms with Gasteiger partial charge < -0.3 is 11.5 Å². The molecule has 0 saturated carbocycles. The van der Waals surface area contributed by atoms with Gasteiger partial charge in [-0.15, -0.1) is 0 Å². The number of nitro benzene ring substituents is 2. The molecule has 104 valence electrons. The monoisotopic (exact) mass is 276 g/mol. The van der Waals surface area contributed by atoms with E-state index in [1.807, 2.05) is 0 Å². The normalized spacial score (nSPS) is 9.20. The summed E-state index contributed by atoms with van der Waals surface area (Å²) in [5, 5.41) is 20.2. The lowest BCUT2D eigenvalue weighted by molar-refractivity contribution is -0.389. The van der Waals surface area contributed by atoms with Crippen molar-refractivity contribution in [3.05, 3.63) is 68.8 Å². The van der Waals surface area contributed by atoms with Crippen molar-refractivity contribution in [2.24, 2.45) is 0 Å². The largest absolute Gasteiger partial charge is 0.399 e. The van der Waals surface area contributed by atoms with Crippen molar-refractivity contribution in [3.8, 4) is 0 Å². The third-order valence-electron chi connectivity index (χ3n) is 2.21. The van der Waals surface area contributed by atoms with E-state index in [4.69, 9.17) is 11.5 Å². The van der Waals surface area contributed by atoms with Crippen LogP contribution in [0.25, 0.3) is 0 Å². The zero-order valence-electron chi connectivity index (χ0n) is 10.3. The number of nitrogens with two attached hydrogens (primary N) is 2. The van der Waals surface area contributed by atoms with Crippen LogP contribution >= 0.6 is 0 Å². The lowest BCUT2D eigenvalue weighted by atomic mass is 10.3. The highest BCUT2D eigenvalue weighted by molar-refractivity contribution is 5.47. The fourth-order valence-corrected chi connectivity index (χ4v) is 1.19. The molecule has 0 atom stereocenters. The number of hydrogen-bond acceptors (Lipinski definition) is 6. The zero-order chi connectivity index (χ0) is 15.1. The molecular weight excluding hydrogens is 264 g/mol. The van der Waals surface area contributed by atoms with Crippen molar-refractivity contribution in [1.29, 1.82) is 0 Å². The summed E-state index contributed by atoms with van der Waals surface area (Å²) in [6.45, 7) is 0. The highest BCUT2D eigenvalue weighted by Crippen LogP contribution is 2.16. The smallest absolute Gasteiger partial charge is 0.269 e. The van der Waals surface area contributed by atoms with Gasteiger partial charge in [-0.2, -0.15) is 0 Å². The summed E-state index contributed by atoms with van der Waals surface area (Å²) in [6, 6.07) is 11.5. The van der Waals surface area contributed by atoms with Crippen molar-refractivity contribution in [2.75, 3.05) is 11.5 Å². The van der Waals surface area contributed by atoms with Gasteiger partial charge in [-0.25, -0.2) is 0 Å². The maximum absolute atomic E-state index is 10.1. The van der Waals surface area contributed by atoms with Gasteiger partial charge in [0.1, 0.15) is 0 Å². The van der Waals surface area contributed by atoms with Crippen molar-refractivity contribution >= 4 is 22.7 Å². The van der Waals surface area contributed by atoms with Gasteiger partial charge in [-0.05, 0) is 24.3 Å². The maximum Gasteiger partial charge on any atom is 0.269 e. The highest BCUT2D eigenvalue weighted by Gasteiger charge is 2.08. The number of anilines is 2. The molecule has 0 aliphatic rings. The molecular formula is C12H12N4O4. The van der Waals surface area contributed by atoms with E-state index in [0.29, 0.717) is 0 Å². The molecule has 0 spiro atoms. The first-order valence-corrected chi connectivity index (χ1v) is 5.40. The molecule has 0 saturated heterocycles. The minimum atomic E-state index is -0.607. The molecule has 0 amide bonds. The molecule has 2 rings (SSSR count). The summed E-state index contributed by atoms with van der Waals surface area (Å²) in [5.41, 5.74) is 11.9. The predicted octanol–water partition coefficient (Wildman–Crippen LogP) is 2.35. The molecule has 0 fully saturated rings. The van der Waals surface area contributed by atoms with Gasteiger partial charge in [0, 0.05) is 35.6 Å². The first kappa shape index (κ1) is 14.9. The number of rotatable bonds is 2. The molecule has 0 bridgehead atoms. The average molecular weight is 276 g/mol. The van der Waals surface area contributed by atoms with E-state index in [9.17, 15) is 20.2 Å². The van der Waals surface area contributed by atoms with E-state index in [1.165, 1.54) is 0 Å². The van der Waals surface area contributed by atoms with Crippen LogP contribution in [0.4, 0.5) is 22.7 Å². The Bertz CT molecular complexity index is 542. The minimum absolute atomic E-state index is 0.152. The molecule has 0 heterocycles. The van der Waals surface area contributed by atoms with Gasteiger partial charge in [-0.1, -0.05) is 0 Å². The molecule has 8 heteroatoms. The maximum atomic E-state index is 10.1. The Morgan fingerprint density at radius 2 is 0.900 bits per heavy atom. The quantitative estimate of drug-likeness (QED) is 0.490. The highest BCUT2D eigenvalue weighted by atomic mass is 16.6. The number of hydrogen-bond donors (Lipinski definition) is 2. The Hall–Kier alpha value is -3.16. The van der Waals surface area contributed by atoms with E-state index in [2.05, 4.69) is 0 Å². The topological polar surface area (TPSA) is 138 Å². The van der Waals surface area contributed by atoms with Crippen LogP contribution in [0, 0.1) is 20.2 Å². The van der Waals surface area contributed by atoms with Gasteiger partial charge in [0.25, 0.3) is 11.4 Å². The van der Waals surface area contributed by atoms with Gasteiger partial charge >= 0.3 is 0 Å². The number of nitrogens with zero attached hydrogens (tertiary/aromatic N) is 2. The average Bonchev–Trinajstić information content (AvgIpc) is 2.43. The summed E-state index contributed by atoms with van der Waals surface area (Å²) in [4.78, 5) is 19.0. The Morgan fingerprint density at radius 1 is 0.650 bits per heavy atom. The summed E-state index contributed by atoms with van der Waals surface area (Å²) in [6.07, 6.45) is 0. The second-order valence-corrected chi connectivity index (χ2v) is 3.70. The number of non-ortho nitro benzene ring substituents is 2. The number of nitro groups is 2. The predicted molar refractivity (Wildman–Crippen MR) is 75.0 cm³/mol. The van der Waals surface area contributed by atoms with Gasteiger partial charge in [-0.3, -0.25) is 20.2 Å². The van der Waals surface area contributed by atoms with Crippen LogP contribution in [0.5, 0.6) is 0 Å². The van der Waals surface area contributed by atoms with Crippen molar-refractivity contribution < 1.29 is 9.85 Å². The van der Waals surface area contributed by atoms with Crippen LogP contribution in [-0.4, -0.2) is 9.85 Å². The first-order chi connectivity index (χ1) is 9.40. The van der Waals surface area contributed by atoms with Crippen LogP contribution in [0.3, 0.4) is 0 Å². The van der Waals surface area contributed by atoms with Crippen molar-refractivity contribution in [2.45, 2.75) is 0 Å². The van der Waals surface area contributed by atoms with E-state index >= 15 is 0 Å². The van der Waals surface area contributed by atoms with Crippen LogP contribution in [0.2, 0.25) is 0 Å². The molecule has 0 unspecified atom stereocenters. The molecule has 0 aliphatic heterocycles. The van der Waals surface area contributed by atoms with E-state index in [-0.39, 0.29) is 11.4 Å². The lowest BCUT2D eigenvalue weighted by Crippen LogP contribution is -1.90. The standard InChI is InChI=1S/C6H4N2O4.C6H8N2/c9-7(10)5-1-2-6(4-3-5)8(11)12;7-5-1-2-6(8)4-3-5/h1-4H;1-4H,7-8H2. The third kappa shape index (κ3) is 4.61. The summed E-state index contributed by atoms with van der Waals surface area (Å²) in [5.74, 6) is 0. The van der Waals surface area contributed by atoms with Gasteiger partial charge in [0.05, 0.1) is 9.85 Å². The first-order valence-electron chi connectivity index (χ1n) is 5.40. The molecule has 20 heavy (non-hydrogen) atoms. The van der Waals surface area contributed by atoms with Gasteiger partial charge in [0.2, 0.25) is 0 Å². The molecule has 0 radical (unpaired) electrons. The summed E-state index contributed by atoms with van der Waals surface area (Å²) < 4.78 is 0. The van der Waals surface area contributed by atoms with E-state index < -0.39 is 9.85 Å². The summed E-state index contributed by atoms with van der Waals surface area (Å²) >= 11 is 0. The zero-order valence-corrected chi connectivity index (χ0v) is 10.3. The number of benzene rings is 2. The lowest BCUT2D eigenvalue weighted by Gasteiger charge is -1.90. The molecule has 4 N–H and O–H groups in total.